The van der Waals surface area contributed by atoms with Crippen LogP contribution in [0.25, 0.3) is 0 Å². The molecular formula is C6H7BrClN. The van der Waals surface area contributed by atoms with Gasteiger partial charge in [-0.05, 0) is 22.9 Å². The normalized spacial score (nSPS) is 13.7. The van der Waals surface area contributed by atoms with E-state index in [2.05, 4.69) is 27.5 Å². The lowest BCUT2D eigenvalue weighted by molar-refractivity contribution is 1.55. The second-order valence-electron chi connectivity index (χ2n) is 1.34. The van der Waals surface area contributed by atoms with Gasteiger partial charge in [0.25, 0.3) is 0 Å². The third-order valence-electron chi connectivity index (χ3n) is 0.561. The Labute approximate surface area is 68.3 Å². The first kappa shape index (κ1) is 8.92. The van der Waals surface area contributed by atoms with Gasteiger partial charge in [-0.2, -0.15) is 0 Å². The van der Waals surface area contributed by atoms with Crippen molar-refractivity contribution < 1.29 is 0 Å². The Bertz CT molecular complexity index is 156. The Morgan fingerprint density at radius 3 is 2.67 bits per heavy atom. The molecule has 0 aromatic carbocycles. The first-order valence-corrected chi connectivity index (χ1v) is 3.52. The summed E-state index contributed by atoms with van der Waals surface area (Å²) in [5.74, 6) is 0. The van der Waals surface area contributed by atoms with E-state index < -0.39 is 0 Å². The van der Waals surface area contributed by atoms with E-state index in [1.165, 1.54) is 0 Å². The van der Waals surface area contributed by atoms with Crippen LogP contribution >= 0.6 is 27.5 Å². The molecule has 0 radical (unpaired) electrons. The molecule has 0 bridgehead atoms. The van der Waals surface area contributed by atoms with E-state index in [-0.39, 0.29) is 0 Å². The summed E-state index contributed by atoms with van der Waals surface area (Å²) in [6, 6.07) is 0. The SMILES string of the molecule is C=C/C(Br)=C\N=C(C)Cl. The van der Waals surface area contributed by atoms with Gasteiger partial charge >= 0.3 is 0 Å². The summed E-state index contributed by atoms with van der Waals surface area (Å²) < 4.78 is 0.822. The van der Waals surface area contributed by atoms with Crippen molar-refractivity contribution in [2.75, 3.05) is 0 Å². The van der Waals surface area contributed by atoms with Crippen LogP contribution in [0.2, 0.25) is 0 Å². The summed E-state index contributed by atoms with van der Waals surface area (Å²) in [6.07, 6.45) is 3.23. The van der Waals surface area contributed by atoms with Gasteiger partial charge in [0.2, 0.25) is 0 Å². The Morgan fingerprint density at radius 1 is 1.78 bits per heavy atom. The molecule has 0 aromatic heterocycles. The molecule has 0 aromatic rings. The number of hydrogen-bond donors (Lipinski definition) is 0. The van der Waals surface area contributed by atoms with Crippen LogP contribution in [0.3, 0.4) is 0 Å². The number of halogens is 2. The van der Waals surface area contributed by atoms with Crippen molar-refractivity contribution in [2.24, 2.45) is 4.99 Å². The molecule has 0 saturated carbocycles. The molecule has 0 rings (SSSR count). The standard InChI is InChI=1S/C6H7BrClN/c1-3-6(7)4-9-5(2)8/h3-4H,1H2,2H3/b6-4+,9-5?. The van der Waals surface area contributed by atoms with Gasteiger partial charge < -0.3 is 0 Å². The van der Waals surface area contributed by atoms with Crippen LogP contribution in [-0.4, -0.2) is 5.17 Å². The lowest BCUT2D eigenvalue weighted by atomic mass is 10.6. The van der Waals surface area contributed by atoms with Gasteiger partial charge in [0, 0.05) is 10.7 Å². The number of rotatable bonds is 2. The first-order valence-electron chi connectivity index (χ1n) is 2.35. The van der Waals surface area contributed by atoms with E-state index in [0.717, 1.165) is 4.48 Å². The predicted octanol–water partition coefficient (Wildman–Crippen LogP) is 3.07. The van der Waals surface area contributed by atoms with Crippen molar-refractivity contribution in [2.45, 2.75) is 6.92 Å². The smallest absolute Gasteiger partial charge is 0.103 e. The summed E-state index contributed by atoms with van der Waals surface area (Å²) in [7, 11) is 0. The van der Waals surface area contributed by atoms with Crippen molar-refractivity contribution in [3.8, 4) is 0 Å². The number of nitrogens with zero attached hydrogens (tertiary/aromatic N) is 1. The Hall–Kier alpha value is -0.0800. The van der Waals surface area contributed by atoms with Crippen LogP contribution < -0.4 is 0 Å². The molecule has 0 amide bonds. The third kappa shape index (κ3) is 5.80. The number of allylic oxidation sites excluding steroid dienone is 2. The van der Waals surface area contributed by atoms with Crippen LogP contribution in [0, 0.1) is 0 Å². The average Bonchev–Trinajstić information content (AvgIpc) is 1.83. The van der Waals surface area contributed by atoms with E-state index in [1.54, 1.807) is 19.2 Å². The highest BCUT2D eigenvalue weighted by Crippen LogP contribution is 2.04. The zero-order valence-corrected chi connectivity index (χ0v) is 7.41. The summed E-state index contributed by atoms with van der Waals surface area (Å²) >= 11 is 8.61. The molecular weight excluding hydrogens is 201 g/mol. The van der Waals surface area contributed by atoms with Gasteiger partial charge in [-0.1, -0.05) is 24.3 Å². The molecule has 0 unspecified atom stereocenters. The van der Waals surface area contributed by atoms with Crippen molar-refractivity contribution in [1.82, 2.24) is 0 Å². The van der Waals surface area contributed by atoms with E-state index in [0.29, 0.717) is 5.17 Å². The van der Waals surface area contributed by atoms with E-state index >= 15 is 0 Å². The Balaban J connectivity index is 3.98. The summed E-state index contributed by atoms with van der Waals surface area (Å²) in [4.78, 5) is 3.80. The quantitative estimate of drug-likeness (QED) is 0.488. The van der Waals surface area contributed by atoms with Crippen LogP contribution in [0.15, 0.2) is 28.3 Å². The highest BCUT2D eigenvalue weighted by molar-refractivity contribution is 9.11. The molecule has 0 fully saturated rings. The van der Waals surface area contributed by atoms with E-state index in [4.69, 9.17) is 11.6 Å². The maximum atomic E-state index is 5.43. The largest absolute Gasteiger partial charge is 0.248 e. The third-order valence-corrected chi connectivity index (χ3v) is 1.19. The van der Waals surface area contributed by atoms with Crippen LogP contribution in [0.1, 0.15) is 6.92 Å². The highest BCUT2D eigenvalue weighted by Gasteiger charge is 1.79. The maximum absolute atomic E-state index is 5.43. The fraction of sp³-hybridized carbons (Fsp3) is 0.167. The molecule has 1 nitrogen and oxygen atoms in total. The molecule has 0 aliphatic heterocycles. The molecule has 0 heterocycles. The van der Waals surface area contributed by atoms with Crippen LogP contribution in [-0.2, 0) is 0 Å². The van der Waals surface area contributed by atoms with E-state index in [9.17, 15) is 0 Å². The fourth-order valence-corrected chi connectivity index (χ4v) is 0.354. The molecule has 0 atom stereocenters. The van der Waals surface area contributed by atoms with Gasteiger partial charge in [0.1, 0.15) is 5.17 Å². The number of aliphatic imine (C=N–C) groups is 1. The van der Waals surface area contributed by atoms with Gasteiger partial charge in [0.05, 0.1) is 0 Å². The van der Waals surface area contributed by atoms with Crippen LogP contribution in [0.5, 0.6) is 0 Å². The summed E-state index contributed by atoms with van der Waals surface area (Å²) in [5.41, 5.74) is 0. The van der Waals surface area contributed by atoms with Gasteiger partial charge in [-0.15, -0.1) is 0 Å². The number of hydrogen-bond acceptors (Lipinski definition) is 1. The summed E-state index contributed by atoms with van der Waals surface area (Å²) in [5, 5.41) is 0.508. The molecule has 3 heteroatoms. The zero-order valence-electron chi connectivity index (χ0n) is 5.06. The maximum Gasteiger partial charge on any atom is 0.103 e. The molecule has 0 aliphatic rings. The Morgan fingerprint density at radius 2 is 2.33 bits per heavy atom. The molecule has 9 heavy (non-hydrogen) atoms. The lowest BCUT2D eigenvalue weighted by Crippen LogP contribution is -1.70. The van der Waals surface area contributed by atoms with Gasteiger partial charge in [-0.3, -0.25) is 0 Å². The van der Waals surface area contributed by atoms with Crippen molar-refractivity contribution in [1.29, 1.82) is 0 Å². The van der Waals surface area contributed by atoms with Gasteiger partial charge in [0.15, 0.2) is 0 Å². The molecule has 0 aliphatic carbocycles. The lowest BCUT2D eigenvalue weighted by Gasteiger charge is -1.82. The minimum Gasteiger partial charge on any atom is -0.248 e. The highest BCUT2D eigenvalue weighted by atomic mass is 79.9. The van der Waals surface area contributed by atoms with Crippen LogP contribution in [0.4, 0.5) is 0 Å². The van der Waals surface area contributed by atoms with Crippen molar-refractivity contribution >= 4 is 32.7 Å². The minimum absolute atomic E-state index is 0.508. The molecule has 0 N–H and O–H groups in total. The zero-order chi connectivity index (χ0) is 7.28. The second kappa shape index (κ2) is 4.77. The summed E-state index contributed by atoms with van der Waals surface area (Å²) in [6.45, 7) is 5.22. The second-order valence-corrected chi connectivity index (χ2v) is 2.81. The first-order chi connectivity index (χ1) is 4.16. The molecule has 0 saturated heterocycles. The van der Waals surface area contributed by atoms with Crippen molar-refractivity contribution in [3.05, 3.63) is 23.3 Å². The monoisotopic (exact) mass is 207 g/mol. The predicted molar refractivity (Wildman–Crippen MR) is 46.2 cm³/mol. The Kier molecular flexibility index (Phi) is 4.72. The topological polar surface area (TPSA) is 12.4 Å². The van der Waals surface area contributed by atoms with Crippen molar-refractivity contribution in [3.63, 3.8) is 0 Å². The van der Waals surface area contributed by atoms with E-state index in [1.807, 2.05) is 0 Å². The average molecular weight is 208 g/mol. The fourth-order valence-electron chi connectivity index (χ4n) is 0.203. The molecule has 50 valence electrons. The minimum atomic E-state index is 0.508. The van der Waals surface area contributed by atoms with Gasteiger partial charge in [-0.25, -0.2) is 4.99 Å². The molecule has 0 spiro atoms.